The summed E-state index contributed by atoms with van der Waals surface area (Å²) in [5, 5.41) is 18.8. The molecule has 2 aromatic heterocycles. The summed E-state index contributed by atoms with van der Waals surface area (Å²) in [5.41, 5.74) is 18.0. The van der Waals surface area contributed by atoms with Crippen molar-refractivity contribution in [2.75, 3.05) is 19.6 Å². The Morgan fingerprint density at radius 3 is 0.750 bits per heavy atom. The summed E-state index contributed by atoms with van der Waals surface area (Å²) in [6, 6.07) is 80.2. The van der Waals surface area contributed by atoms with Crippen molar-refractivity contribution >= 4 is 68.2 Å². The summed E-state index contributed by atoms with van der Waals surface area (Å²) in [7, 11) is 0. The van der Waals surface area contributed by atoms with Gasteiger partial charge in [-0.05, 0) is 97.1 Å². The summed E-state index contributed by atoms with van der Waals surface area (Å²) in [6.45, 7) is 0. The Labute approximate surface area is 393 Å². The van der Waals surface area contributed by atoms with Crippen LogP contribution in [-0.2, 0) is 0 Å². The Bertz CT molecular complexity index is 3290. The van der Waals surface area contributed by atoms with Crippen LogP contribution in [0.15, 0.2) is 243 Å². The molecule has 10 nitrogen and oxygen atoms in total. The van der Waals surface area contributed by atoms with Crippen molar-refractivity contribution in [2.45, 2.75) is 0 Å². The first-order valence-electron chi connectivity index (χ1n) is 22.6. The predicted octanol–water partition coefficient (Wildman–Crippen LogP) is 14.7. The van der Waals surface area contributed by atoms with Gasteiger partial charge in [0.1, 0.15) is 11.4 Å². The average molecular weight is 877 g/mol. The summed E-state index contributed by atoms with van der Waals surface area (Å²) in [4.78, 5) is 9.30. The van der Waals surface area contributed by atoms with Crippen molar-refractivity contribution in [3.63, 3.8) is 0 Å². The first-order chi connectivity index (χ1) is 33.8. The van der Waals surface area contributed by atoms with E-state index >= 15 is 0 Å². The van der Waals surface area contributed by atoms with E-state index in [4.69, 9.17) is 20.6 Å². The number of aromatic nitrogens is 6. The lowest BCUT2D eigenvalue weighted by Crippen LogP contribution is -2.24. The number of fused-ring (bicyclic) bond motifs is 4. The Morgan fingerprint density at radius 1 is 0.221 bits per heavy atom. The van der Waals surface area contributed by atoms with E-state index in [2.05, 4.69) is 238 Å². The van der Waals surface area contributed by atoms with Crippen molar-refractivity contribution in [3.05, 3.63) is 243 Å². The molecule has 9 aromatic carbocycles. The smallest absolute Gasteiger partial charge is 0.113 e. The lowest BCUT2D eigenvalue weighted by molar-refractivity contribution is 0.803. The van der Waals surface area contributed by atoms with Crippen LogP contribution in [0.1, 0.15) is 0 Å². The Kier molecular flexibility index (Phi) is 9.24. The first-order valence-corrected chi connectivity index (χ1v) is 22.6. The van der Waals surface area contributed by atoms with Crippen molar-refractivity contribution < 1.29 is 0 Å². The molecule has 2 aliphatic heterocycles. The van der Waals surface area contributed by atoms with E-state index in [0.717, 1.165) is 102 Å². The number of nitrogens with zero attached hydrogens (tertiary/aromatic N) is 10. The summed E-state index contributed by atoms with van der Waals surface area (Å²) in [5.74, 6) is 0. The average Bonchev–Trinajstić information content (AvgIpc) is 4.12. The molecule has 0 saturated carbocycles. The van der Waals surface area contributed by atoms with Crippen LogP contribution < -0.4 is 19.6 Å². The van der Waals surface area contributed by atoms with E-state index in [1.807, 2.05) is 33.9 Å². The molecule has 0 radical (unpaired) electrons. The molecule has 0 bridgehead atoms. The number of rotatable bonds is 8. The molecule has 0 aliphatic carbocycles. The molecule has 2 aliphatic rings. The largest absolute Gasteiger partial charge is 0.306 e. The van der Waals surface area contributed by atoms with Crippen LogP contribution in [0.2, 0.25) is 0 Å². The van der Waals surface area contributed by atoms with Crippen molar-refractivity contribution in [2.24, 2.45) is 0 Å². The molecular formula is C58H40N10. The maximum atomic E-state index is 4.70. The standard InChI is InChI=1S/C58H40N10/c1-3-19-43(20-4-1)65-51-27-11-15-31-55(51)67(56-32-16-12-28-52(56)65)49-25-9-7-23-47(49)63-39-45(59-61-63)41-35-37-42(38-36-41)46-40-64(62-60-46)48-24-8-10-26-50(48)68-57-33-17-13-29-53(57)66(44-21-5-2-6-22-44)54-30-14-18-34-58(54)68/h1-40H. The van der Waals surface area contributed by atoms with Gasteiger partial charge in [-0.2, -0.15) is 0 Å². The van der Waals surface area contributed by atoms with Crippen LogP contribution in [0.3, 0.4) is 0 Å². The van der Waals surface area contributed by atoms with E-state index in [0.29, 0.717) is 0 Å². The van der Waals surface area contributed by atoms with Crippen LogP contribution in [-0.4, -0.2) is 30.0 Å². The SMILES string of the molecule is c1ccc(N2c3ccccc3N(c3ccccc3-n3cc(-c4ccc(-c5cn(-c6ccccc6N6c7ccccc7N(c7ccccc7)c7ccccc76)nn5)cc4)nn3)c3ccccc32)cc1. The third-order valence-electron chi connectivity index (χ3n) is 12.7. The topological polar surface area (TPSA) is 74.4 Å². The maximum absolute atomic E-state index is 4.70. The summed E-state index contributed by atoms with van der Waals surface area (Å²) >= 11 is 0. The minimum absolute atomic E-state index is 0.756. The molecule has 0 saturated heterocycles. The molecule has 0 spiro atoms. The molecule has 4 heterocycles. The molecular weight excluding hydrogens is 837 g/mol. The Morgan fingerprint density at radius 2 is 0.456 bits per heavy atom. The Hall–Kier alpha value is -9.54. The molecule has 0 N–H and O–H groups in total. The maximum Gasteiger partial charge on any atom is 0.113 e. The highest BCUT2D eigenvalue weighted by Gasteiger charge is 2.33. The highest BCUT2D eigenvalue weighted by molar-refractivity contribution is 6.04. The van der Waals surface area contributed by atoms with Gasteiger partial charge in [0, 0.05) is 22.5 Å². The quantitative estimate of drug-likeness (QED) is 0.149. The fourth-order valence-corrected chi connectivity index (χ4v) is 9.65. The van der Waals surface area contributed by atoms with Gasteiger partial charge in [0.05, 0.1) is 80.6 Å². The molecule has 68 heavy (non-hydrogen) atoms. The van der Waals surface area contributed by atoms with Crippen molar-refractivity contribution in [3.8, 4) is 33.9 Å². The normalized spacial score (nSPS) is 12.6. The zero-order valence-corrected chi connectivity index (χ0v) is 36.6. The molecule has 10 heteroatoms. The van der Waals surface area contributed by atoms with Gasteiger partial charge in [-0.1, -0.05) is 144 Å². The fraction of sp³-hybridized carbons (Fsp3) is 0. The highest BCUT2D eigenvalue weighted by atomic mass is 15.4. The molecule has 11 aromatic rings. The molecule has 322 valence electrons. The third kappa shape index (κ3) is 6.42. The van der Waals surface area contributed by atoms with E-state index in [1.165, 1.54) is 0 Å². The van der Waals surface area contributed by atoms with Gasteiger partial charge in [-0.25, -0.2) is 9.36 Å². The van der Waals surface area contributed by atoms with Gasteiger partial charge < -0.3 is 19.6 Å². The number of hydrogen-bond donors (Lipinski definition) is 0. The predicted molar refractivity (Wildman–Crippen MR) is 273 cm³/mol. The van der Waals surface area contributed by atoms with E-state index in [1.54, 1.807) is 0 Å². The van der Waals surface area contributed by atoms with Gasteiger partial charge in [0.2, 0.25) is 0 Å². The number of anilines is 12. The van der Waals surface area contributed by atoms with E-state index < -0.39 is 0 Å². The van der Waals surface area contributed by atoms with E-state index in [9.17, 15) is 0 Å². The first kappa shape index (κ1) is 38.9. The van der Waals surface area contributed by atoms with Crippen LogP contribution in [0, 0.1) is 0 Å². The minimum atomic E-state index is 0.756. The second kappa shape index (κ2) is 16.2. The van der Waals surface area contributed by atoms with Crippen LogP contribution in [0.25, 0.3) is 33.9 Å². The number of para-hydroxylation sites is 14. The van der Waals surface area contributed by atoms with Crippen molar-refractivity contribution in [1.82, 2.24) is 30.0 Å². The molecule has 0 fully saturated rings. The van der Waals surface area contributed by atoms with Crippen LogP contribution in [0.5, 0.6) is 0 Å². The summed E-state index contributed by atoms with van der Waals surface area (Å²) < 4.78 is 3.74. The lowest BCUT2D eigenvalue weighted by atomic mass is 10.0. The molecule has 0 atom stereocenters. The zero-order valence-electron chi connectivity index (χ0n) is 36.6. The molecule has 13 rings (SSSR count). The van der Waals surface area contributed by atoms with Gasteiger partial charge in [-0.15, -0.1) is 10.2 Å². The number of benzene rings is 9. The monoisotopic (exact) mass is 876 g/mol. The Balaban J connectivity index is 0.807. The molecule has 0 unspecified atom stereocenters. The second-order valence-electron chi connectivity index (χ2n) is 16.6. The minimum Gasteiger partial charge on any atom is -0.306 e. The fourth-order valence-electron chi connectivity index (χ4n) is 9.65. The van der Waals surface area contributed by atoms with E-state index in [-0.39, 0.29) is 0 Å². The van der Waals surface area contributed by atoms with Gasteiger partial charge in [-0.3, -0.25) is 0 Å². The van der Waals surface area contributed by atoms with Crippen molar-refractivity contribution in [1.29, 1.82) is 0 Å². The zero-order chi connectivity index (χ0) is 45.0. The third-order valence-corrected chi connectivity index (χ3v) is 12.7. The molecule has 0 amide bonds. The van der Waals surface area contributed by atoms with Crippen LogP contribution in [0.4, 0.5) is 68.2 Å². The van der Waals surface area contributed by atoms with Crippen LogP contribution >= 0.6 is 0 Å². The van der Waals surface area contributed by atoms with Gasteiger partial charge in [0.25, 0.3) is 0 Å². The highest BCUT2D eigenvalue weighted by Crippen LogP contribution is 2.56. The summed E-state index contributed by atoms with van der Waals surface area (Å²) in [6.07, 6.45) is 3.99. The lowest BCUT2D eigenvalue weighted by Gasteiger charge is -2.40. The second-order valence-corrected chi connectivity index (χ2v) is 16.6. The van der Waals surface area contributed by atoms with Gasteiger partial charge >= 0.3 is 0 Å². The number of hydrogen-bond acceptors (Lipinski definition) is 8. The van der Waals surface area contributed by atoms with Gasteiger partial charge in [0.15, 0.2) is 0 Å².